The Kier molecular flexibility index (Phi) is 8.24. The van der Waals surface area contributed by atoms with Gasteiger partial charge in [-0.3, -0.25) is 0 Å². The molecule has 1 aromatic rings. The lowest BCUT2D eigenvalue weighted by atomic mass is 9.93. The third-order valence-electron chi connectivity index (χ3n) is 3.44. The van der Waals surface area contributed by atoms with Crippen LogP contribution in [-0.2, 0) is 22.6 Å². The molecule has 3 heteroatoms. The normalized spacial score (nSPS) is 12.6. The Morgan fingerprint density at radius 3 is 2.04 bits per heavy atom. The first kappa shape index (κ1) is 20.1. The van der Waals surface area contributed by atoms with Crippen molar-refractivity contribution < 1.29 is 9.47 Å². The van der Waals surface area contributed by atoms with Crippen LogP contribution in [0.2, 0.25) is 0 Å². The smallest absolute Gasteiger partial charge is 0.0724 e. The summed E-state index contributed by atoms with van der Waals surface area (Å²) in [6.07, 6.45) is 1.10. The van der Waals surface area contributed by atoms with Gasteiger partial charge in [0.05, 0.1) is 18.8 Å². The maximum absolute atomic E-state index is 5.78. The van der Waals surface area contributed by atoms with E-state index >= 15 is 0 Å². The summed E-state index contributed by atoms with van der Waals surface area (Å²) in [6, 6.07) is 8.61. The lowest BCUT2D eigenvalue weighted by Crippen LogP contribution is -2.20. The molecule has 1 N–H and O–H groups in total. The topological polar surface area (TPSA) is 30.5 Å². The highest BCUT2D eigenvalue weighted by Gasteiger charge is 2.10. The quantitative estimate of drug-likeness (QED) is 0.677. The molecular formula is C20H35NO2. The van der Waals surface area contributed by atoms with Crippen molar-refractivity contribution in [2.24, 2.45) is 5.41 Å². The van der Waals surface area contributed by atoms with E-state index in [1.165, 1.54) is 11.1 Å². The highest BCUT2D eigenvalue weighted by Crippen LogP contribution is 2.17. The minimum atomic E-state index is -0.0901. The molecule has 3 nitrogen and oxygen atoms in total. The number of hydrogen-bond donors (Lipinski definition) is 1. The van der Waals surface area contributed by atoms with E-state index in [0.29, 0.717) is 12.0 Å². The molecule has 0 saturated carbocycles. The lowest BCUT2D eigenvalue weighted by Gasteiger charge is -2.19. The Morgan fingerprint density at radius 2 is 1.48 bits per heavy atom. The van der Waals surface area contributed by atoms with Crippen molar-refractivity contribution in [3.05, 3.63) is 35.4 Å². The summed E-state index contributed by atoms with van der Waals surface area (Å²) < 4.78 is 11.4. The molecule has 0 aliphatic carbocycles. The predicted molar refractivity (Wildman–Crippen MR) is 97.6 cm³/mol. The number of ether oxygens (including phenoxy) is 2. The molecule has 1 aromatic carbocycles. The van der Waals surface area contributed by atoms with E-state index in [2.05, 4.69) is 71.1 Å². The molecule has 132 valence electrons. The van der Waals surface area contributed by atoms with Crippen LogP contribution < -0.4 is 5.32 Å². The first-order valence-electron chi connectivity index (χ1n) is 8.66. The van der Waals surface area contributed by atoms with Crippen LogP contribution in [0.3, 0.4) is 0 Å². The Balaban J connectivity index is 2.14. The summed E-state index contributed by atoms with van der Waals surface area (Å²) in [5.41, 5.74) is 2.77. The van der Waals surface area contributed by atoms with Crippen molar-refractivity contribution in [2.45, 2.75) is 66.7 Å². The predicted octanol–water partition coefficient (Wildman–Crippen LogP) is 4.54. The van der Waals surface area contributed by atoms with Crippen LogP contribution in [-0.4, -0.2) is 25.4 Å². The molecule has 0 bridgehead atoms. The second-order valence-electron chi connectivity index (χ2n) is 8.32. The zero-order valence-corrected chi connectivity index (χ0v) is 15.9. The standard InChI is InChI=1S/C20H35NO2/c1-19(2,3)11-13-22-14-12-21-15-17-7-9-18(10-8-17)16-23-20(4,5)6/h7-10,21H,11-16H2,1-6H3. The van der Waals surface area contributed by atoms with Gasteiger partial charge in [0.2, 0.25) is 0 Å². The molecule has 0 aliphatic rings. The fourth-order valence-corrected chi connectivity index (χ4v) is 1.91. The van der Waals surface area contributed by atoms with E-state index in [9.17, 15) is 0 Å². The second kappa shape index (κ2) is 9.41. The van der Waals surface area contributed by atoms with E-state index in [4.69, 9.17) is 9.47 Å². The highest BCUT2D eigenvalue weighted by atomic mass is 16.5. The van der Waals surface area contributed by atoms with Crippen LogP contribution >= 0.6 is 0 Å². The average Bonchev–Trinajstić information content (AvgIpc) is 2.43. The van der Waals surface area contributed by atoms with Gasteiger partial charge in [-0.1, -0.05) is 45.0 Å². The van der Waals surface area contributed by atoms with Gasteiger partial charge in [0, 0.05) is 19.7 Å². The van der Waals surface area contributed by atoms with Crippen molar-refractivity contribution in [3.8, 4) is 0 Å². The van der Waals surface area contributed by atoms with Gasteiger partial charge in [0.1, 0.15) is 0 Å². The van der Waals surface area contributed by atoms with Gasteiger partial charge in [-0.25, -0.2) is 0 Å². The van der Waals surface area contributed by atoms with Crippen LogP contribution in [0, 0.1) is 5.41 Å². The number of rotatable bonds is 9. The van der Waals surface area contributed by atoms with E-state index in [1.807, 2.05) is 0 Å². The average molecular weight is 322 g/mol. The van der Waals surface area contributed by atoms with Gasteiger partial charge in [0.25, 0.3) is 0 Å². The Morgan fingerprint density at radius 1 is 0.870 bits per heavy atom. The van der Waals surface area contributed by atoms with Crippen LogP contribution in [0.5, 0.6) is 0 Å². The lowest BCUT2D eigenvalue weighted by molar-refractivity contribution is -0.0149. The largest absolute Gasteiger partial charge is 0.380 e. The number of hydrogen-bond acceptors (Lipinski definition) is 3. The zero-order valence-electron chi connectivity index (χ0n) is 15.9. The van der Waals surface area contributed by atoms with Crippen LogP contribution in [0.25, 0.3) is 0 Å². The van der Waals surface area contributed by atoms with Gasteiger partial charge in [-0.15, -0.1) is 0 Å². The molecule has 0 aromatic heterocycles. The maximum Gasteiger partial charge on any atom is 0.0724 e. The minimum Gasteiger partial charge on any atom is -0.380 e. The first-order valence-corrected chi connectivity index (χ1v) is 8.66. The van der Waals surface area contributed by atoms with Gasteiger partial charge in [-0.2, -0.15) is 0 Å². The molecule has 0 heterocycles. The summed E-state index contributed by atoms with van der Waals surface area (Å²) in [7, 11) is 0. The molecule has 0 unspecified atom stereocenters. The summed E-state index contributed by atoms with van der Waals surface area (Å²) in [5.74, 6) is 0. The summed E-state index contributed by atoms with van der Waals surface area (Å²) in [6.45, 7) is 17.0. The highest BCUT2D eigenvalue weighted by molar-refractivity contribution is 5.21. The molecule has 0 amide bonds. The fraction of sp³-hybridized carbons (Fsp3) is 0.700. The molecule has 0 spiro atoms. The van der Waals surface area contributed by atoms with E-state index in [1.54, 1.807) is 0 Å². The second-order valence-corrected chi connectivity index (χ2v) is 8.32. The Labute approximate surface area is 142 Å². The molecule has 0 radical (unpaired) electrons. The molecule has 23 heavy (non-hydrogen) atoms. The van der Waals surface area contributed by atoms with E-state index < -0.39 is 0 Å². The number of nitrogens with one attached hydrogen (secondary N) is 1. The van der Waals surface area contributed by atoms with Gasteiger partial charge >= 0.3 is 0 Å². The molecular weight excluding hydrogens is 286 g/mol. The monoisotopic (exact) mass is 321 g/mol. The third-order valence-corrected chi connectivity index (χ3v) is 3.44. The SMILES string of the molecule is CC(C)(C)CCOCCNCc1ccc(COC(C)(C)C)cc1. The van der Waals surface area contributed by atoms with Crippen molar-refractivity contribution in [1.82, 2.24) is 5.32 Å². The Bertz CT molecular complexity index is 426. The summed E-state index contributed by atoms with van der Waals surface area (Å²) in [4.78, 5) is 0. The van der Waals surface area contributed by atoms with Crippen molar-refractivity contribution >= 4 is 0 Å². The molecule has 0 fully saturated rings. The van der Waals surface area contributed by atoms with Crippen molar-refractivity contribution in [2.75, 3.05) is 19.8 Å². The fourth-order valence-electron chi connectivity index (χ4n) is 1.91. The zero-order chi connectivity index (χ0) is 17.3. The van der Waals surface area contributed by atoms with Crippen molar-refractivity contribution in [3.63, 3.8) is 0 Å². The molecule has 0 aliphatic heterocycles. The Hall–Kier alpha value is -0.900. The van der Waals surface area contributed by atoms with Crippen LogP contribution in [0.15, 0.2) is 24.3 Å². The van der Waals surface area contributed by atoms with Crippen molar-refractivity contribution in [1.29, 1.82) is 0 Å². The maximum atomic E-state index is 5.78. The van der Waals surface area contributed by atoms with Gasteiger partial charge < -0.3 is 14.8 Å². The minimum absolute atomic E-state index is 0.0901. The molecule has 1 rings (SSSR count). The van der Waals surface area contributed by atoms with Gasteiger partial charge in [-0.05, 0) is 43.7 Å². The number of benzene rings is 1. The molecule has 0 atom stereocenters. The summed E-state index contributed by atoms with van der Waals surface area (Å²) >= 11 is 0. The van der Waals surface area contributed by atoms with Crippen LogP contribution in [0.1, 0.15) is 59.1 Å². The first-order chi connectivity index (χ1) is 10.7. The van der Waals surface area contributed by atoms with E-state index in [0.717, 1.165) is 32.7 Å². The van der Waals surface area contributed by atoms with E-state index in [-0.39, 0.29) is 5.60 Å². The summed E-state index contributed by atoms with van der Waals surface area (Å²) in [5, 5.41) is 3.42. The molecule has 0 saturated heterocycles. The third kappa shape index (κ3) is 11.3. The van der Waals surface area contributed by atoms with Crippen LogP contribution in [0.4, 0.5) is 0 Å². The van der Waals surface area contributed by atoms with Gasteiger partial charge in [0.15, 0.2) is 0 Å².